The Morgan fingerprint density at radius 3 is 1.59 bits per heavy atom. The van der Waals surface area contributed by atoms with Crippen LogP contribution < -0.4 is 0 Å². The van der Waals surface area contributed by atoms with Crippen molar-refractivity contribution in [3.8, 4) is 22.3 Å². The molecule has 7 rings (SSSR count). The normalized spacial score (nSPS) is 15.4. The maximum atomic E-state index is 12.0. The smallest absolute Gasteiger partial charge is 0.258 e. The second kappa shape index (κ2) is 7.50. The lowest BCUT2D eigenvalue weighted by molar-refractivity contribution is -0.384. The van der Waals surface area contributed by atoms with Crippen LogP contribution in [0.3, 0.4) is 0 Å². The third-order valence-electron chi connectivity index (χ3n) is 8.47. The fourth-order valence-corrected chi connectivity index (χ4v) is 6.99. The predicted octanol–water partition coefficient (Wildman–Crippen LogP) is 8.26. The van der Waals surface area contributed by atoms with E-state index in [2.05, 4.69) is 98.8 Å². The molecule has 0 heterocycles. The van der Waals surface area contributed by atoms with Crippen LogP contribution in [0.25, 0.3) is 22.3 Å². The van der Waals surface area contributed by atoms with Gasteiger partial charge < -0.3 is 0 Å². The Kier molecular flexibility index (Phi) is 4.41. The van der Waals surface area contributed by atoms with Gasteiger partial charge in [0.2, 0.25) is 0 Å². The number of nitrogens with zero attached hydrogens (tertiary/aromatic N) is 1. The third kappa shape index (κ3) is 2.66. The van der Waals surface area contributed by atoms with Gasteiger partial charge in [0.15, 0.2) is 0 Å². The van der Waals surface area contributed by atoms with Gasteiger partial charge in [-0.25, -0.2) is 0 Å². The van der Waals surface area contributed by atoms with Gasteiger partial charge in [-0.2, -0.15) is 0 Å². The van der Waals surface area contributed by atoms with Crippen molar-refractivity contribution >= 4 is 5.69 Å². The van der Waals surface area contributed by atoms with Crippen molar-refractivity contribution in [1.82, 2.24) is 0 Å². The molecule has 0 atom stereocenters. The second-order valence-corrected chi connectivity index (χ2v) is 10.5. The Bertz CT molecular complexity index is 1700. The maximum Gasteiger partial charge on any atom is 0.277 e. The molecule has 0 saturated carbocycles. The number of rotatable bonds is 2. The van der Waals surface area contributed by atoms with Gasteiger partial charge in [-0.3, -0.25) is 10.1 Å². The minimum absolute atomic E-state index is 0.125. The van der Waals surface area contributed by atoms with Gasteiger partial charge in [0, 0.05) is 11.5 Å². The van der Waals surface area contributed by atoms with Gasteiger partial charge in [0.25, 0.3) is 5.69 Å². The highest BCUT2D eigenvalue weighted by Gasteiger charge is 2.53. The quantitative estimate of drug-likeness (QED) is 0.185. The van der Waals surface area contributed by atoms with E-state index >= 15 is 0 Å². The van der Waals surface area contributed by atoms with Crippen molar-refractivity contribution in [2.75, 3.05) is 0 Å². The number of hydrogen-bond donors (Lipinski definition) is 0. The zero-order chi connectivity index (χ0) is 25.4. The number of para-hydroxylation sites is 1. The average molecular weight is 480 g/mol. The fraction of sp³-hybridized carbons (Fsp3) is 0.118. The summed E-state index contributed by atoms with van der Waals surface area (Å²) < 4.78 is 0. The minimum atomic E-state index is -0.506. The van der Waals surface area contributed by atoms with Gasteiger partial charge in [0.1, 0.15) is 0 Å². The van der Waals surface area contributed by atoms with E-state index < -0.39 is 5.41 Å². The number of benzene rings is 5. The first-order valence-corrected chi connectivity index (χ1v) is 12.6. The van der Waals surface area contributed by atoms with Crippen molar-refractivity contribution < 1.29 is 4.92 Å². The molecule has 0 aromatic heterocycles. The Morgan fingerprint density at radius 1 is 0.514 bits per heavy atom. The highest BCUT2D eigenvalue weighted by molar-refractivity contribution is 5.97. The van der Waals surface area contributed by atoms with Crippen molar-refractivity contribution in [2.45, 2.75) is 24.7 Å². The standard InChI is InChI=1S/C34H25NO2/c1-33(2)26-16-6-8-18-28(26)34(29-19-9-7-17-27(29)33)25-15-5-3-13-24(25)32-23(14-11-20-30(32)34)22-12-4-10-21-31(22)35(36)37/h3-21H,1-2H3. The van der Waals surface area contributed by atoms with Crippen LogP contribution in [0, 0.1) is 10.1 Å². The number of nitro groups is 1. The molecule has 0 unspecified atom stereocenters. The van der Waals surface area contributed by atoms with Crippen molar-refractivity contribution in [2.24, 2.45) is 0 Å². The largest absolute Gasteiger partial charge is 0.277 e. The molecule has 2 aliphatic carbocycles. The topological polar surface area (TPSA) is 43.1 Å². The number of nitro benzene ring substituents is 1. The summed E-state index contributed by atoms with van der Waals surface area (Å²) in [6.45, 7) is 4.62. The SMILES string of the molecule is CC1(C)c2ccccc2C2(c3ccccc3-c3c(-c4ccccc4[N+](=O)[O-])cccc32)c2ccccc21. The van der Waals surface area contributed by atoms with Crippen LogP contribution in [0.5, 0.6) is 0 Å². The molecule has 3 heteroatoms. The summed E-state index contributed by atoms with van der Waals surface area (Å²) in [6, 6.07) is 39.6. The van der Waals surface area contributed by atoms with Crippen molar-refractivity contribution in [3.05, 3.63) is 159 Å². The molecule has 0 aliphatic heterocycles. The zero-order valence-corrected chi connectivity index (χ0v) is 20.7. The Morgan fingerprint density at radius 2 is 0.973 bits per heavy atom. The molecule has 0 N–H and O–H groups in total. The summed E-state index contributed by atoms with van der Waals surface area (Å²) in [7, 11) is 0. The summed E-state index contributed by atoms with van der Waals surface area (Å²) in [5, 5.41) is 12.0. The van der Waals surface area contributed by atoms with E-state index in [0.29, 0.717) is 5.56 Å². The highest BCUT2D eigenvalue weighted by Crippen LogP contribution is 2.63. The van der Waals surface area contributed by atoms with Gasteiger partial charge >= 0.3 is 0 Å². The molecule has 0 bridgehead atoms. The summed E-state index contributed by atoms with van der Waals surface area (Å²) in [5.74, 6) is 0. The molecular formula is C34H25NO2. The van der Waals surface area contributed by atoms with Crippen LogP contribution in [-0.2, 0) is 10.8 Å². The molecule has 2 aliphatic rings. The van der Waals surface area contributed by atoms with E-state index in [1.54, 1.807) is 12.1 Å². The van der Waals surface area contributed by atoms with Gasteiger partial charge in [-0.15, -0.1) is 0 Å². The van der Waals surface area contributed by atoms with Crippen LogP contribution >= 0.6 is 0 Å². The lowest BCUT2D eigenvalue weighted by Gasteiger charge is -2.46. The molecule has 1 spiro atoms. The van der Waals surface area contributed by atoms with E-state index in [4.69, 9.17) is 0 Å². The Labute approximate surface area is 216 Å². The Balaban J connectivity index is 1.68. The first kappa shape index (κ1) is 21.8. The van der Waals surface area contributed by atoms with Crippen LogP contribution in [0.15, 0.2) is 115 Å². The molecule has 5 aromatic rings. The molecule has 0 saturated heterocycles. The third-order valence-corrected chi connectivity index (χ3v) is 8.47. The summed E-state index contributed by atoms with van der Waals surface area (Å²) in [6.07, 6.45) is 0. The molecule has 5 aromatic carbocycles. The predicted molar refractivity (Wildman–Crippen MR) is 148 cm³/mol. The molecule has 0 amide bonds. The monoisotopic (exact) mass is 479 g/mol. The van der Waals surface area contributed by atoms with Gasteiger partial charge in [-0.1, -0.05) is 117 Å². The molecule has 178 valence electrons. The lowest BCUT2D eigenvalue weighted by Crippen LogP contribution is -2.40. The van der Waals surface area contributed by atoms with Crippen molar-refractivity contribution in [1.29, 1.82) is 0 Å². The fourth-order valence-electron chi connectivity index (χ4n) is 6.99. The minimum Gasteiger partial charge on any atom is -0.258 e. The number of hydrogen-bond acceptors (Lipinski definition) is 2. The maximum absolute atomic E-state index is 12.0. The average Bonchev–Trinajstić information content (AvgIpc) is 3.23. The zero-order valence-electron chi connectivity index (χ0n) is 20.7. The highest BCUT2D eigenvalue weighted by atomic mass is 16.6. The summed E-state index contributed by atoms with van der Waals surface area (Å²) in [5.41, 5.74) is 10.8. The van der Waals surface area contributed by atoms with Crippen LogP contribution in [-0.4, -0.2) is 4.92 Å². The Hall–Kier alpha value is -4.50. The van der Waals surface area contributed by atoms with E-state index in [9.17, 15) is 10.1 Å². The van der Waals surface area contributed by atoms with Gasteiger partial charge in [0.05, 0.1) is 15.9 Å². The van der Waals surface area contributed by atoms with Crippen LogP contribution in [0.1, 0.15) is 47.2 Å². The summed E-state index contributed by atoms with van der Waals surface area (Å²) >= 11 is 0. The molecule has 3 nitrogen and oxygen atoms in total. The molecular weight excluding hydrogens is 454 g/mol. The number of fused-ring (bicyclic) bond motifs is 9. The van der Waals surface area contributed by atoms with Crippen LogP contribution in [0.4, 0.5) is 5.69 Å². The molecule has 0 radical (unpaired) electrons. The van der Waals surface area contributed by atoms with Gasteiger partial charge in [-0.05, 0) is 56.1 Å². The van der Waals surface area contributed by atoms with Crippen LogP contribution in [0.2, 0.25) is 0 Å². The van der Waals surface area contributed by atoms with E-state index in [0.717, 1.165) is 16.7 Å². The molecule has 37 heavy (non-hydrogen) atoms. The van der Waals surface area contributed by atoms with E-state index in [1.807, 2.05) is 18.2 Å². The van der Waals surface area contributed by atoms with Crippen molar-refractivity contribution in [3.63, 3.8) is 0 Å². The first-order valence-electron chi connectivity index (χ1n) is 12.6. The second-order valence-electron chi connectivity index (χ2n) is 10.5. The lowest BCUT2D eigenvalue weighted by atomic mass is 9.55. The molecule has 0 fully saturated rings. The van der Waals surface area contributed by atoms with E-state index in [1.165, 1.54) is 33.4 Å². The van der Waals surface area contributed by atoms with E-state index in [-0.39, 0.29) is 16.0 Å². The first-order chi connectivity index (χ1) is 18.0. The summed E-state index contributed by atoms with van der Waals surface area (Å²) in [4.78, 5) is 11.8.